The number of dihydropyridines is 1. The van der Waals surface area contributed by atoms with Crippen molar-refractivity contribution in [2.75, 3.05) is 46.4 Å². The van der Waals surface area contributed by atoms with E-state index < -0.39 is 28.2 Å². The van der Waals surface area contributed by atoms with Gasteiger partial charge >= 0.3 is 11.9 Å². The molecule has 0 radical (unpaired) electrons. The average Bonchev–Trinajstić information content (AvgIpc) is 3.50. The number of allylic oxidation sites excluding steroid dienone is 2. The first-order chi connectivity index (χ1) is 19.9. The number of non-ortho nitro benzene ring substituents is 1. The predicted octanol–water partition coefficient (Wildman–Crippen LogP) is 3.62. The van der Waals surface area contributed by atoms with Crippen LogP contribution in [0.4, 0.5) is 5.69 Å². The Balaban J connectivity index is 1.46. The number of esters is 2. The Morgan fingerprint density at radius 3 is 2.31 bits per heavy atom. The summed E-state index contributed by atoms with van der Waals surface area (Å²) in [5, 5.41) is 14.6. The van der Waals surface area contributed by atoms with Crippen molar-refractivity contribution in [3.63, 3.8) is 0 Å². The number of rotatable bonds is 9. The summed E-state index contributed by atoms with van der Waals surface area (Å²) in [6.07, 6.45) is 1.48. The largest absolute Gasteiger partial charge is 0.466 e. The molecule has 1 saturated heterocycles. The number of piperazine rings is 1. The van der Waals surface area contributed by atoms with E-state index in [-0.39, 0.29) is 29.3 Å². The molecule has 224 valence electrons. The molecule has 1 atom stereocenters. The van der Waals surface area contributed by atoms with Gasteiger partial charge in [-0.2, -0.15) is 0 Å². The van der Waals surface area contributed by atoms with Crippen molar-refractivity contribution in [1.29, 1.82) is 0 Å². The van der Waals surface area contributed by atoms with Gasteiger partial charge in [0.2, 0.25) is 0 Å². The normalized spacial score (nSPS) is 18.0. The first kappa shape index (κ1) is 30.5. The monoisotopic (exact) mass is 580 g/mol. The van der Waals surface area contributed by atoms with E-state index in [1.807, 2.05) is 13.8 Å². The van der Waals surface area contributed by atoms with Crippen LogP contribution >= 0.6 is 0 Å². The predicted molar refractivity (Wildman–Crippen MR) is 152 cm³/mol. The molecule has 2 aliphatic rings. The number of hydrogen-bond acceptors (Lipinski definition) is 10. The van der Waals surface area contributed by atoms with E-state index in [0.717, 1.165) is 0 Å². The molecule has 42 heavy (non-hydrogen) atoms. The maximum atomic E-state index is 13.6. The number of carbonyl (C=O) groups excluding carboxylic acids is 3. The highest BCUT2D eigenvalue weighted by atomic mass is 16.6. The molecule has 1 unspecified atom stereocenters. The number of nitro benzene ring substituents is 1. The summed E-state index contributed by atoms with van der Waals surface area (Å²) in [5.74, 6) is -2.02. The van der Waals surface area contributed by atoms with Crippen LogP contribution in [-0.4, -0.2) is 79.0 Å². The second kappa shape index (κ2) is 12.6. The molecule has 1 aromatic heterocycles. The lowest BCUT2D eigenvalue weighted by atomic mass is 9.80. The van der Waals surface area contributed by atoms with Gasteiger partial charge in [-0.25, -0.2) is 9.59 Å². The molecule has 1 fully saturated rings. The lowest BCUT2D eigenvalue weighted by Gasteiger charge is -2.38. The van der Waals surface area contributed by atoms with E-state index in [4.69, 9.17) is 13.9 Å². The average molecular weight is 581 g/mol. The smallest absolute Gasteiger partial charge is 0.336 e. The number of amides is 1. The number of nitrogens with one attached hydrogen (secondary N) is 1. The van der Waals surface area contributed by atoms with Crippen LogP contribution in [-0.2, 0) is 19.1 Å². The number of ether oxygens (including phenoxy) is 2. The molecule has 0 aliphatic carbocycles. The Bertz CT molecular complexity index is 1420. The fraction of sp³-hybridized carbons (Fsp3) is 0.433. The highest BCUT2D eigenvalue weighted by Gasteiger charge is 2.39. The second-order valence-corrected chi connectivity index (χ2v) is 11.3. The van der Waals surface area contributed by atoms with Gasteiger partial charge in [0.1, 0.15) is 0 Å². The Morgan fingerprint density at radius 2 is 1.71 bits per heavy atom. The van der Waals surface area contributed by atoms with E-state index >= 15 is 0 Å². The van der Waals surface area contributed by atoms with Crippen molar-refractivity contribution in [1.82, 2.24) is 15.1 Å². The van der Waals surface area contributed by atoms with Crippen LogP contribution in [0.2, 0.25) is 0 Å². The minimum atomic E-state index is -0.922. The van der Waals surface area contributed by atoms with Crippen LogP contribution < -0.4 is 5.32 Å². The van der Waals surface area contributed by atoms with Gasteiger partial charge in [-0.15, -0.1) is 0 Å². The van der Waals surface area contributed by atoms with E-state index in [0.29, 0.717) is 55.4 Å². The number of nitro groups is 1. The van der Waals surface area contributed by atoms with Gasteiger partial charge in [-0.3, -0.25) is 19.8 Å². The van der Waals surface area contributed by atoms with Crippen LogP contribution in [0.25, 0.3) is 0 Å². The molecular weight excluding hydrogens is 544 g/mol. The molecule has 4 rings (SSSR count). The lowest BCUT2D eigenvalue weighted by molar-refractivity contribution is -0.384. The van der Waals surface area contributed by atoms with Crippen LogP contribution in [0.1, 0.15) is 49.7 Å². The molecule has 0 saturated carbocycles. The first-order valence-corrected chi connectivity index (χ1v) is 13.7. The van der Waals surface area contributed by atoms with Crippen molar-refractivity contribution in [2.45, 2.75) is 33.6 Å². The zero-order valence-corrected chi connectivity index (χ0v) is 24.5. The van der Waals surface area contributed by atoms with Gasteiger partial charge in [0, 0.05) is 61.7 Å². The Labute approximate surface area is 244 Å². The van der Waals surface area contributed by atoms with Crippen molar-refractivity contribution >= 4 is 23.5 Å². The van der Waals surface area contributed by atoms with Crippen molar-refractivity contribution < 1.29 is 33.2 Å². The Morgan fingerprint density at radius 1 is 1.05 bits per heavy atom. The Kier molecular flexibility index (Phi) is 9.15. The van der Waals surface area contributed by atoms with Crippen LogP contribution in [0.5, 0.6) is 0 Å². The highest BCUT2D eigenvalue weighted by Crippen LogP contribution is 2.40. The van der Waals surface area contributed by atoms with E-state index in [9.17, 15) is 24.5 Å². The fourth-order valence-electron chi connectivity index (χ4n) is 5.45. The van der Waals surface area contributed by atoms with Crippen LogP contribution in [0.15, 0.2) is 69.6 Å². The number of carbonyl (C=O) groups is 3. The summed E-state index contributed by atoms with van der Waals surface area (Å²) in [4.78, 5) is 54.0. The minimum Gasteiger partial charge on any atom is -0.466 e. The standard InChI is InChI=1S/C30H36N4O8/c1-19-24(28(36)40-5)26(21-8-6-9-22(16-21)34(38)39)25(20(2)31-19)29(37)42-18-30(3,4)17-32-11-13-33(14-12-32)27(35)23-10-7-15-41-23/h6-10,15-16,26,31H,11-14,17-18H2,1-5H3. The highest BCUT2D eigenvalue weighted by molar-refractivity contribution is 6.00. The molecule has 3 heterocycles. The van der Waals surface area contributed by atoms with Gasteiger partial charge in [-0.05, 0) is 31.5 Å². The molecular formula is C30H36N4O8. The van der Waals surface area contributed by atoms with Gasteiger partial charge in [-0.1, -0.05) is 26.0 Å². The number of benzene rings is 1. The molecule has 0 spiro atoms. The van der Waals surface area contributed by atoms with E-state index in [1.54, 1.807) is 36.9 Å². The molecule has 2 aromatic rings. The molecule has 2 aliphatic heterocycles. The molecule has 1 aromatic carbocycles. The van der Waals surface area contributed by atoms with E-state index in [1.165, 1.54) is 31.6 Å². The van der Waals surface area contributed by atoms with Gasteiger partial charge in [0.25, 0.3) is 11.6 Å². The SMILES string of the molecule is COC(=O)C1=C(C)NC(C)=C(C(=O)OCC(C)(C)CN2CCN(C(=O)c3ccco3)CC2)C1c1cccc([N+](=O)[O-])c1. The third-order valence-corrected chi connectivity index (χ3v) is 7.44. The zero-order valence-electron chi connectivity index (χ0n) is 24.5. The fourth-order valence-corrected chi connectivity index (χ4v) is 5.45. The van der Waals surface area contributed by atoms with Gasteiger partial charge in [0.05, 0.1) is 42.0 Å². The van der Waals surface area contributed by atoms with E-state index in [2.05, 4.69) is 10.2 Å². The summed E-state index contributed by atoms with van der Waals surface area (Å²) < 4.78 is 16.1. The maximum absolute atomic E-state index is 13.6. The number of furan rings is 1. The van der Waals surface area contributed by atoms with Crippen molar-refractivity contribution in [3.8, 4) is 0 Å². The maximum Gasteiger partial charge on any atom is 0.336 e. The Hall–Kier alpha value is -4.45. The summed E-state index contributed by atoms with van der Waals surface area (Å²) in [5.41, 5.74) is 1.13. The molecule has 12 heteroatoms. The summed E-state index contributed by atoms with van der Waals surface area (Å²) in [6, 6.07) is 9.20. The number of nitrogens with zero attached hydrogens (tertiary/aromatic N) is 3. The summed E-state index contributed by atoms with van der Waals surface area (Å²) >= 11 is 0. The molecule has 1 N–H and O–H groups in total. The second-order valence-electron chi connectivity index (χ2n) is 11.3. The third kappa shape index (κ3) is 6.71. The molecule has 0 bridgehead atoms. The lowest BCUT2D eigenvalue weighted by Crippen LogP contribution is -2.51. The van der Waals surface area contributed by atoms with Crippen LogP contribution in [0, 0.1) is 15.5 Å². The minimum absolute atomic E-state index is 0.0894. The first-order valence-electron chi connectivity index (χ1n) is 13.7. The van der Waals surface area contributed by atoms with Gasteiger partial charge in [0.15, 0.2) is 5.76 Å². The molecule has 1 amide bonds. The molecule has 12 nitrogen and oxygen atoms in total. The quantitative estimate of drug-likeness (QED) is 0.265. The third-order valence-electron chi connectivity index (χ3n) is 7.44. The number of methoxy groups -OCH3 is 1. The number of hydrogen-bond donors (Lipinski definition) is 1. The summed E-state index contributed by atoms with van der Waals surface area (Å²) in [7, 11) is 1.24. The van der Waals surface area contributed by atoms with Gasteiger partial charge < -0.3 is 24.1 Å². The summed E-state index contributed by atoms with van der Waals surface area (Å²) in [6.45, 7) is 10.5. The zero-order chi connectivity index (χ0) is 30.6. The van der Waals surface area contributed by atoms with Crippen molar-refractivity contribution in [3.05, 3.63) is 86.6 Å². The van der Waals surface area contributed by atoms with Crippen LogP contribution in [0.3, 0.4) is 0 Å². The topological polar surface area (TPSA) is 144 Å². The van der Waals surface area contributed by atoms with Crippen molar-refractivity contribution in [2.24, 2.45) is 5.41 Å².